The molecule has 1 aliphatic rings. The first-order chi connectivity index (χ1) is 11.0. The molecule has 1 heterocycles. The van der Waals surface area contributed by atoms with Gasteiger partial charge in [-0.2, -0.15) is 0 Å². The molecule has 1 saturated heterocycles. The van der Waals surface area contributed by atoms with E-state index in [4.69, 9.17) is 16.2 Å². The minimum Gasteiger partial charge on any atom is -0.381 e. The highest BCUT2D eigenvalue weighted by molar-refractivity contribution is 5.93. The molecule has 1 amide bonds. The van der Waals surface area contributed by atoms with Crippen molar-refractivity contribution in [3.05, 3.63) is 39.4 Å². The van der Waals surface area contributed by atoms with Crippen LogP contribution in [0.3, 0.4) is 0 Å². The number of ether oxygens (including phenoxy) is 1. The van der Waals surface area contributed by atoms with Crippen LogP contribution >= 0.6 is 0 Å². The number of carbonyl (C=O) groups excluding carboxylic acids is 1. The SMILES string of the molecule is COC1CCN(Cc2ccc(C(N)=O)cc2[N+](=O)[O-])C(CN)C1. The van der Waals surface area contributed by atoms with Gasteiger partial charge in [0.25, 0.3) is 5.69 Å². The second-order valence-corrected chi connectivity index (χ2v) is 5.71. The Morgan fingerprint density at radius 2 is 2.26 bits per heavy atom. The van der Waals surface area contributed by atoms with Gasteiger partial charge in [0, 0.05) is 50.0 Å². The van der Waals surface area contributed by atoms with Crippen molar-refractivity contribution in [3.63, 3.8) is 0 Å². The number of amides is 1. The number of nitrogens with zero attached hydrogens (tertiary/aromatic N) is 2. The van der Waals surface area contributed by atoms with Crippen molar-refractivity contribution in [1.82, 2.24) is 4.90 Å². The number of nitro groups is 1. The van der Waals surface area contributed by atoms with E-state index in [1.807, 2.05) is 0 Å². The van der Waals surface area contributed by atoms with Gasteiger partial charge in [-0.3, -0.25) is 19.8 Å². The van der Waals surface area contributed by atoms with Crippen LogP contribution in [0, 0.1) is 10.1 Å². The van der Waals surface area contributed by atoms with Gasteiger partial charge in [0.2, 0.25) is 5.91 Å². The molecule has 1 fully saturated rings. The third-order valence-electron chi connectivity index (χ3n) is 4.34. The van der Waals surface area contributed by atoms with E-state index in [1.54, 1.807) is 13.2 Å². The Labute approximate surface area is 134 Å². The number of benzene rings is 1. The fourth-order valence-corrected chi connectivity index (χ4v) is 2.97. The van der Waals surface area contributed by atoms with Gasteiger partial charge < -0.3 is 16.2 Å². The summed E-state index contributed by atoms with van der Waals surface area (Å²) in [4.78, 5) is 24.1. The minimum absolute atomic E-state index is 0.0917. The van der Waals surface area contributed by atoms with Crippen molar-refractivity contribution in [2.45, 2.75) is 31.5 Å². The van der Waals surface area contributed by atoms with Gasteiger partial charge >= 0.3 is 0 Å². The topological polar surface area (TPSA) is 125 Å². The zero-order valence-corrected chi connectivity index (χ0v) is 13.1. The summed E-state index contributed by atoms with van der Waals surface area (Å²) in [6.45, 7) is 1.63. The van der Waals surface area contributed by atoms with E-state index in [9.17, 15) is 14.9 Å². The highest BCUT2D eigenvalue weighted by Gasteiger charge is 2.29. The molecule has 2 unspecified atom stereocenters. The van der Waals surface area contributed by atoms with Gasteiger partial charge in [-0.1, -0.05) is 6.07 Å². The molecule has 0 aliphatic carbocycles. The zero-order valence-electron chi connectivity index (χ0n) is 13.1. The number of nitro benzene ring substituents is 1. The third-order valence-corrected chi connectivity index (χ3v) is 4.34. The number of hydrogen-bond donors (Lipinski definition) is 2. The van der Waals surface area contributed by atoms with Crippen LogP contribution in [0.5, 0.6) is 0 Å². The normalized spacial score (nSPS) is 22.0. The summed E-state index contributed by atoms with van der Waals surface area (Å²) in [6.07, 6.45) is 1.84. The van der Waals surface area contributed by atoms with Crippen molar-refractivity contribution >= 4 is 11.6 Å². The molecule has 0 radical (unpaired) electrons. The summed E-state index contributed by atoms with van der Waals surface area (Å²) in [5.41, 5.74) is 11.6. The molecule has 126 valence electrons. The van der Waals surface area contributed by atoms with Crippen molar-refractivity contribution in [3.8, 4) is 0 Å². The number of nitrogens with two attached hydrogens (primary N) is 2. The average molecular weight is 322 g/mol. The second kappa shape index (κ2) is 7.49. The lowest BCUT2D eigenvalue weighted by atomic mass is 9.98. The van der Waals surface area contributed by atoms with Crippen LogP contribution in [-0.2, 0) is 11.3 Å². The fraction of sp³-hybridized carbons (Fsp3) is 0.533. The number of piperidine rings is 1. The van der Waals surface area contributed by atoms with Crippen molar-refractivity contribution in [2.75, 3.05) is 20.2 Å². The Morgan fingerprint density at radius 1 is 1.52 bits per heavy atom. The number of methoxy groups -OCH3 is 1. The van der Waals surface area contributed by atoms with Crippen LogP contribution in [0.1, 0.15) is 28.8 Å². The van der Waals surface area contributed by atoms with E-state index in [0.717, 1.165) is 19.4 Å². The zero-order chi connectivity index (χ0) is 17.0. The van der Waals surface area contributed by atoms with Crippen molar-refractivity contribution in [1.29, 1.82) is 0 Å². The smallest absolute Gasteiger partial charge is 0.274 e. The molecule has 8 nitrogen and oxygen atoms in total. The minimum atomic E-state index is -0.680. The van der Waals surface area contributed by atoms with Gasteiger partial charge in [0.15, 0.2) is 0 Å². The standard InChI is InChI=1S/C15H22N4O4/c1-23-13-4-5-18(12(7-13)8-16)9-11-3-2-10(15(17)20)6-14(11)19(21)22/h2-3,6,12-13H,4-5,7-9,16H2,1H3,(H2,17,20). The Bertz CT molecular complexity index is 593. The predicted octanol–water partition coefficient (Wildman–Crippen LogP) is 0.632. The lowest BCUT2D eigenvalue weighted by molar-refractivity contribution is -0.385. The van der Waals surface area contributed by atoms with Crippen LogP contribution in [0.15, 0.2) is 18.2 Å². The maximum atomic E-state index is 11.3. The molecule has 2 atom stereocenters. The molecule has 1 aromatic rings. The van der Waals surface area contributed by atoms with Gasteiger partial charge in [-0.15, -0.1) is 0 Å². The lowest BCUT2D eigenvalue weighted by Crippen LogP contribution is -2.48. The number of hydrogen-bond acceptors (Lipinski definition) is 6. The van der Waals surface area contributed by atoms with E-state index >= 15 is 0 Å². The van der Waals surface area contributed by atoms with E-state index in [0.29, 0.717) is 18.7 Å². The van der Waals surface area contributed by atoms with Crippen LogP contribution in [0.25, 0.3) is 0 Å². The summed E-state index contributed by atoms with van der Waals surface area (Å²) >= 11 is 0. The van der Waals surface area contributed by atoms with Crippen LogP contribution in [0.2, 0.25) is 0 Å². The molecular weight excluding hydrogens is 300 g/mol. The Balaban J connectivity index is 2.21. The fourth-order valence-electron chi connectivity index (χ4n) is 2.97. The highest BCUT2D eigenvalue weighted by atomic mass is 16.6. The lowest BCUT2D eigenvalue weighted by Gasteiger charge is -2.38. The quantitative estimate of drug-likeness (QED) is 0.584. The first kappa shape index (κ1) is 17.3. The van der Waals surface area contributed by atoms with Gasteiger partial charge in [0.1, 0.15) is 0 Å². The monoisotopic (exact) mass is 322 g/mol. The van der Waals surface area contributed by atoms with E-state index in [-0.39, 0.29) is 23.4 Å². The first-order valence-electron chi connectivity index (χ1n) is 7.50. The average Bonchev–Trinajstić information content (AvgIpc) is 2.55. The maximum absolute atomic E-state index is 11.3. The maximum Gasteiger partial charge on any atom is 0.274 e. The molecule has 1 aliphatic heterocycles. The number of likely N-dealkylation sites (tertiary alicyclic amines) is 1. The van der Waals surface area contributed by atoms with Gasteiger partial charge in [-0.25, -0.2) is 0 Å². The first-order valence-corrected chi connectivity index (χ1v) is 7.50. The van der Waals surface area contributed by atoms with Gasteiger partial charge in [0.05, 0.1) is 11.0 Å². The number of rotatable bonds is 6. The molecule has 2 rings (SSSR count). The van der Waals surface area contributed by atoms with E-state index < -0.39 is 10.8 Å². The molecule has 0 bridgehead atoms. The summed E-state index contributed by atoms with van der Waals surface area (Å²) in [5.74, 6) is -0.680. The molecular formula is C15H22N4O4. The Hall–Kier alpha value is -2.03. The van der Waals surface area contributed by atoms with Crippen molar-refractivity contribution in [2.24, 2.45) is 11.5 Å². The number of primary amides is 1. The third kappa shape index (κ3) is 4.04. The highest BCUT2D eigenvalue weighted by Crippen LogP contribution is 2.26. The summed E-state index contributed by atoms with van der Waals surface area (Å²) < 4.78 is 5.38. The second-order valence-electron chi connectivity index (χ2n) is 5.71. The largest absolute Gasteiger partial charge is 0.381 e. The van der Waals surface area contributed by atoms with Crippen molar-refractivity contribution < 1.29 is 14.5 Å². The Kier molecular flexibility index (Phi) is 5.64. The van der Waals surface area contributed by atoms with E-state index in [2.05, 4.69) is 4.90 Å². The molecule has 1 aromatic carbocycles. The number of carbonyl (C=O) groups is 1. The molecule has 0 aromatic heterocycles. The molecule has 4 N–H and O–H groups in total. The van der Waals surface area contributed by atoms with Gasteiger partial charge in [-0.05, 0) is 18.9 Å². The molecule has 0 spiro atoms. The summed E-state index contributed by atoms with van der Waals surface area (Å²) in [7, 11) is 1.68. The summed E-state index contributed by atoms with van der Waals surface area (Å²) in [6, 6.07) is 4.46. The molecule has 8 heteroatoms. The van der Waals surface area contributed by atoms with Crippen LogP contribution < -0.4 is 11.5 Å². The van der Waals surface area contributed by atoms with Crippen LogP contribution in [-0.4, -0.2) is 48.1 Å². The molecule has 23 heavy (non-hydrogen) atoms. The molecule has 0 saturated carbocycles. The summed E-state index contributed by atoms with van der Waals surface area (Å²) in [5, 5.41) is 11.3. The van der Waals surface area contributed by atoms with E-state index in [1.165, 1.54) is 12.1 Å². The Morgan fingerprint density at radius 3 is 2.83 bits per heavy atom. The van der Waals surface area contributed by atoms with Crippen LogP contribution in [0.4, 0.5) is 5.69 Å². The predicted molar refractivity (Wildman–Crippen MR) is 84.9 cm³/mol.